The molecule has 0 bridgehead atoms. The highest BCUT2D eigenvalue weighted by Gasteiger charge is 2.48. The molecule has 36 heavy (non-hydrogen) atoms. The topological polar surface area (TPSA) is 87.4 Å². The zero-order chi connectivity index (χ0) is 26.4. The molecule has 2 aromatic carbocycles. The maximum atomic E-state index is 13.8. The zero-order valence-electron chi connectivity index (χ0n) is 19.6. The number of tetrazole rings is 1. The Kier molecular flexibility index (Phi) is 6.82. The van der Waals surface area contributed by atoms with E-state index in [1.54, 1.807) is 30.1 Å². The first-order valence-electron chi connectivity index (χ1n) is 11.1. The summed E-state index contributed by atoms with van der Waals surface area (Å²) in [6.07, 6.45) is -5.06. The molecule has 1 N–H and O–H groups in total. The highest BCUT2D eigenvalue weighted by molar-refractivity contribution is 6.42. The van der Waals surface area contributed by atoms with E-state index in [2.05, 4.69) is 15.4 Å². The molecule has 0 spiro atoms. The van der Waals surface area contributed by atoms with Gasteiger partial charge in [0, 0.05) is 6.54 Å². The number of nitrogens with zero attached hydrogens (tertiary/aromatic N) is 6. The van der Waals surface area contributed by atoms with Crippen LogP contribution in [0.2, 0.25) is 10.0 Å². The van der Waals surface area contributed by atoms with E-state index in [1.165, 1.54) is 15.8 Å². The number of carbonyl (C=O) groups is 1. The summed E-state index contributed by atoms with van der Waals surface area (Å²) in [6, 6.07) is 7.09. The van der Waals surface area contributed by atoms with Gasteiger partial charge in [0.2, 0.25) is 5.82 Å². The Morgan fingerprint density at radius 3 is 2.33 bits per heavy atom. The quantitative estimate of drug-likeness (QED) is 0.413. The van der Waals surface area contributed by atoms with Crippen LogP contribution in [0.25, 0.3) is 0 Å². The molecule has 1 atom stereocenters. The predicted molar refractivity (Wildman–Crippen MR) is 130 cm³/mol. The Labute approximate surface area is 215 Å². The number of hydrogen-bond donors (Lipinski definition) is 1. The zero-order valence-corrected chi connectivity index (χ0v) is 21.1. The predicted octanol–water partition coefficient (Wildman–Crippen LogP) is 6.19. The number of amides is 1. The van der Waals surface area contributed by atoms with Crippen molar-refractivity contribution in [1.82, 2.24) is 20.2 Å². The van der Waals surface area contributed by atoms with Crippen LogP contribution in [0.4, 0.5) is 29.3 Å². The lowest BCUT2D eigenvalue weighted by molar-refractivity contribution is -0.137. The van der Waals surface area contributed by atoms with E-state index in [0.29, 0.717) is 23.4 Å². The minimum atomic E-state index is -4.64. The van der Waals surface area contributed by atoms with Gasteiger partial charge in [0.1, 0.15) is 6.04 Å². The summed E-state index contributed by atoms with van der Waals surface area (Å²) in [5, 5.41) is 23.1. The van der Waals surface area contributed by atoms with Gasteiger partial charge in [0.05, 0.1) is 39.6 Å². The third-order valence-corrected chi connectivity index (χ3v) is 7.38. The highest BCUT2D eigenvalue weighted by Crippen LogP contribution is 2.49. The number of halogens is 5. The molecule has 1 amide bonds. The smallest absolute Gasteiger partial charge is 0.416 e. The van der Waals surface area contributed by atoms with Crippen LogP contribution in [0.5, 0.6) is 0 Å². The Bertz CT molecular complexity index is 1300. The first kappa shape index (κ1) is 26.0. The van der Waals surface area contributed by atoms with Crippen LogP contribution in [0.15, 0.2) is 36.4 Å². The molecule has 1 aliphatic rings. The molecule has 1 aromatic heterocycles. The minimum absolute atomic E-state index is 0.0732. The number of aromatic nitrogens is 4. The number of benzene rings is 2. The fourth-order valence-electron chi connectivity index (χ4n) is 4.73. The Morgan fingerprint density at radius 1 is 1.11 bits per heavy atom. The Hall–Kier alpha value is -3.05. The van der Waals surface area contributed by atoms with Gasteiger partial charge in [-0.05, 0) is 54.0 Å². The number of hydrogen-bond acceptors (Lipinski definition) is 5. The third-order valence-electron chi connectivity index (χ3n) is 6.64. The monoisotopic (exact) mass is 542 g/mol. The van der Waals surface area contributed by atoms with Gasteiger partial charge in [-0.25, -0.2) is 4.79 Å². The Morgan fingerprint density at radius 2 is 1.81 bits per heavy atom. The van der Waals surface area contributed by atoms with E-state index in [9.17, 15) is 23.1 Å². The summed E-state index contributed by atoms with van der Waals surface area (Å²) in [4.78, 5) is 16.6. The second kappa shape index (κ2) is 9.44. The molecule has 0 fully saturated rings. The fourth-order valence-corrected chi connectivity index (χ4v) is 5.04. The molecule has 0 radical (unpaired) electrons. The highest BCUT2D eigenvalue weighted by atomic mass is 35.5. The van der Waals surface area contributed by atoms with Crippen molar-refractivity contribution in [2.24, 2.45) is 7.05 Å². The van der Waals surface area contributed by atoms with E-state index in [4.69, 9.17) is 23.2 Å². The van der Waals surface area contributed by atoms with Crippen molar-refractivity contribution in [3.63, 3.8) is 0 Å². The van der Waals surface area contributed by atoms with Crippen LogP contribution in [-0.2, 0) is 13.2 Å². The molecule has 4 rings (SSSR count). The average Bonchev–Trinajstić information content (AvgIpc) is 3.25. The van der Waals surface area contributed by atoms with E-state index in [0.717, 1.165) is 12.1 Å². The largest absolute Gasteiger partial charge is 0.465 e. The van der Waals surface area contributed by atoms with E-state index in [1.807, 2.05) is 13.8 Å². The molecule has 192 valence electrons. The van der Waals surface area contributed by atoms with Gasteiger partial charge in [-0.3, -0.25) is 4.90 Å². The number of anilines is 2. The number of carboxylic acid groups (broad SMARTS) is 1. The number of alkyl halides is 3. The summed E-state index contributed by atoms with van der Waals surface area (Å²) in [7, 11) is 1.57. The normalized spacial score (nSPS) is 16.1. The average molecular weight is 543 g/mol. The molecule has 0 aliphatic carbocycles. The van der Waals surface area contributed by atoms with Crippen molar-refractivity contribution in [3.8, 4) is 0 Å². The molecule has 1 unspecified atom stereocenters. The van der Waals surface area contributed by atoms with E-state index in [-0.39, 0.29) is 28.8 Å². The van der Waals surface area contributed by atoms with Gasteiger partial charge in [-0.1, -0.05) is 43.1 Å². The van der Waals surface area contributed by atoms with E-state index < -0.39 is 29.4 Å². The lowest BCUT2D eigenvalue weighted by atomic mass is 9.85. The number of fused-ring (bicyclic) bond motifs is 1. The standard InChI is InChI=1S/C23H23Cl2F3N6O2/c1-4-22(5-2)12-33(18-11-14(23(26,27)28)7-9-17(18)34(22)21(35)36)19(20-29-31-32(3)30-20)13-6-8-15(24)16(25)10-13/h6-11,19H,4-5,12H2,1-3H3,(H,35,36). The van der Waals surface area contributed by atoms with Crippen LogP contribution in [0, 0.1) is 0 Å². The molecule has 1 aliphatic heterocycles. The van der Waals surface area contributed by atoms with Gasteiger partial charge in [-0.2, -0.15) is 18.0 Å². The molecule has 0 saturated carbocycles. The van der Waals surface area contributed by atoms with Crippen molar-refractivity contribution in [2.45, 2.75) is 44.4 Å². The van der Waals surface area contributed by atoms with Gasteiger partial charge in [0.15, 0.2) is 0 Å². The molecular weight excluding hydrogens is 520 g/mol. The van der Waals surface area contributed by atoms with E-state index >= 15 is 0 Å². The maximum Gasteiger partial charge on any atom is 0.416 e. The summed E-state index contributed by atoms with van der Waals surface area (Å²) < 4.78 is 41.3. The van der Waals surface area contributed by atoms with Crippen LogP contribution in [0.1, 0.15) is 49.7 Å². The van der Waals surface area contributed by atoms with Crippen LogP contribution in [0.3, 0.4) is 0 Å². The lowest BCUT2D eigenvalue weighted by Gasteiger charge is -2.52. The van der Waals surface area contributed by atoms with Crippen molar-refractivity contribution in [2.75, 3.05) is 16.3 Å². The molecule has 0 saturated heterocycles. The lowest BCUT2D eigenvalue weighted by Crippen LogP contribution is -2.61. The molecule has 2 heterocycles. The van der Waals surface area contributed by atoms with Crippen LogP contribution in [-0.4, -0.2) is 43.5 Å². The van der Waals surface area contributed by atoms with Crippen LogP contribution >= 0.6 is 23.2 Å². The van der Waals surface area contributed by atoms with Crippen molar-refractivity contribution >= 4 is 40.7 Å². The Balaban J connectivity index is 2.03. The van der Waals surface area contributed by atoms with Gasteiger partial charge in [-0.15, -0.1) is 10.2 Å². The fraction of sp³-hybridized carbons (Fsp3) is 0.391. The second-order valence-electron chi connectivity index (χ2n) is 8.59. The first-order valence-corrected chi connectivity index (χ1v) is 11.9. The minimum Gasteiger partial charge on any atom is -0.465 e. The number of aryl methyl sites for hydroxylation is 1. The van der Waals surface area contributed by atoms with Gasteiger partial charge in [0.25, 0.3) is 0 Å². The molecule has 13 heteroatoms. The van der Waals surface area contributed by atoms with Gasteiger partial charge < -0.3 is 10.0 Å². The molecule has 8 nitrogen and oxygen atoms in total. The molecule has 3 aromatic rings. The summed E-state index contributed by atoms with van der Waals surface area (Å²) in [6.45, 7) is 3.77. The first-order chi connectivity index (χ1) is 16.9. The molecular formula is C23H23Cl2F3N6O2. The SMILES string of the molecule is CCC1(CC)CN(C(c2ccc(Cl)c(Cl)c2)c2nnn(C)n2)c2cc(C(F)(F)F)ccc2N1C(=O)O. The third kappa shape index (κ3) is 4.45. The van der Waals surface area contributed by atoms with Crippen molar-refractivity contribution in [3.05, 3.63) is 63.4 Å². The van der Waals surface area contributed by atoms with Crippen molar-refractivity contribution < 1.29 is 23.1 Å². The van der Waals surface area contributed by atoms with Gasteiger partial charge >= 0.3 is 12.3 Å². The van der Waals surface area contributed by atoms with Crippen LogP contribution < -0.4 is 9.80 Å². The summed E-state index contributed by atoms with van der Waals surface area (Å²) in [5.41, 5.74) is -1.06. The summed E-state index contributed by atoms with van der Waals surface area (Å²) >= 11 is 12.4. The van der Waals surface area contributed by atoms with Crippen molar-refractivity contribution in [1.29, 1.82) is 0 Å². The maximum absolute atomic E-state index is 13.8. The number of rotatable bonds is 5. The second-order valence-corrected chi connectivity index (χ2v) is 9.41. The summed E-state index contributed by atoms with van der Waals surface area (Å²) in [5.74, 6) is 0.212.